The van der Waals surface area contributed by atoms with Gasteiger partial charge in [-0.1, -0.05) is 13.8 Å². The van der Waals surface area contributed by atoms with Crippen LogP contribution < -0.4 is 0 Å². The molecule has 0 amide bonds. The summed E-state index contributed by atoms with van der Waals surface area (Å²) in [6, 6.07) is 5.17. The number of hydrogen-bond donors (Lipinski definition) is 1. The molecule has 0 fully saturated rings. The van der Waals surface area contributed by atoms with E-state index in [0.29, 0.717) is 5.69 Å². The van der Waals surface area contributed by atoms with E-state index in [0.717, 1.165) is 46.5 Å². The first-order chi connectivity index (χ1) is 12.9. The molecule has 1 N–H and O–H groups in total. The molecule has 7 heteroatoms. The normalized spacial score (nSPS) is 15.4. The molecular weight excluding hydrogens is 343 g/mol. The number of halogens is 1. The zero-order valence-corrected chi connectivity index (χ0v) is 15.4. The predicted molar refractivity (Wildman–Crippen MR) is 101 cm³/mol. The highest BCUT2D eigenvalue weighted by molar-refractivity contribution is 5.97. The predicted octanol–water partition coefficient (Wildman–Crippen LogP) is 3.91. The molecule has 136 valence electrons. The second-order valence-corrected chi connectivity index (χ2v) is 7.97. The molecule has 0 atom stereocenters. The Morgan fingerprint density at radius 2 is 2.07 bits per heavy atom. The second-order valence-electron chi connectivity index (χ2n) is 7.97. The van der Waals surface area contributed by atoms with Crippen LogP contribution in [0.15, 0.2) is 30.6 Å². The third-order valence-corrected chi connectivity index (χ3v) is 5.07. The topological polar surface area (TPSA) is 72.3 Å². The van der Waals surface area contributed by atoms with Gasteiger partial charge < -0.3 is 0 Å². The van der Waals surface area contributed by atoms with Crippen molar-refractivity contribution < 1.29 is 4.39 Å². The zero-order valence-electron chi connectivity index (χ0n) is 15.4. The fraction of sp³-hybridized carbons (Fsp3) is 0.300. The van der Waals surface area contributed by atoms with Gasteiger partial charge in [0.15, 0.2) is 5.65 Å². The number of hydrogen-bond acceptors (Lipinski definition) is 4. The summed E-state index contributed by atoms with van der Waals surface area (Å²) >= 11 is 0. The van der Waals surface area contributed by atoms with Crippen LogP contribution in [0.4, 0.5) is 4.39 Å². The summed E-state index contributed by atoms with van der Waals surface area (Å²) in [5, 5.41) is 12.9. The molecule has 4 aromatic heterocycles. The van der Waals surface area contributed by atoms with Gasteiger partial charge in [-0.05, 0) is 37.0 Å². The second kappa shape index (κ2) is 5.45. The van der Waals surface area contributed by atoms with Gasteiger partial charge in [0.25, 0.3) is 0 Å². The van der Waals surface area contributed by atoms with Crippen LogP contribution in [0.25, 0.3) is 33.5 Å². The lowest BCUT2D eigenvalue weighted by molar-refractivity contribution is 0.347. The number of aryl methyl sites for hydroxylation is 1. The van der Waals surface area contributed by atoms with E-state index < -0.39 is 0 Å². The molecule has 0 bridgehead atoms. The molecular formula is C20H19FN6. The Morgan fingerprint density at radius 3 is 2.85 bits per heavy atom. The van der Waals surface area contributed by atoms with Crippen molar-refractivity contribution in [3.63, 3.8) is 0 Å². The van der Waals surface area contributed by atoms with E-state index >= 15 is 0 Å². The van der Waals surface area contributed by atoms with Gasteiger partial charge in [0.1, 0.15) is 11.5 Å². The summed E-state index contributed by atoms with van der Waals surface area (Å²) in [7, 11) is 0. The minimum absolute atomic E-state index is 0.142. The first-order valence-electron chi connectivity index (χ1n) is 8.94. The maximum Gasteiger partial charge on any atom is 0.155 e. The number of fused-ring (bicyclic) bond motifs is 2. The van der Waals surface area contributed by atoms with Crippen molar-refractivity contribution in [2.24, 2.45) is 5.41 Å². The monoisotopic (exact) mass is 362 g/mol. The minimum Gasteiger partial charge on any atom is -0.268 e. The summed E-state index contributed by atoms with van der Waals surface area (Å²) in [5.41, 5.74) is 6.48. The van der Waals surface area contributed by atoms with E-state index in [9.17, 15) is 4.39 Å². The quantitative estimate of drug-likeness (QED) is 0.587. The molecule has 0 aromatic carbocycles. The third-order valence-electron chi connectivity index (χ3n) is 5.07. The smallest absolute Gasteiger partial charge is 0.155 e. The molecule has 0 spiro atoms. The summed E-state index contributed by atoms with van der Waals surface area (Å²) in [6.45, 7) is 7.29. The Balaban J connectivity index is 1.82. The Hall–Kier alpha value is -3.09. The van der Waals surface area contributed by atoms with Crippen molar-refractivity contribution in [3.05, 3.63) is 47.8 Å². The van der Waals surface area contributed by atoms with Crippen LogP contribution >= 0.6 is 0 Å². The van der Waals surface area contributed by atoms with Gasteiger partial charge in [-0.2, -0.15) is 10.2 Å². The van der Waals surface area contributed by atoms with Crippen LogP contribution in [-0.4, -0.2) is 29.9 Å². The fourth-order valence-corrected chi connectivity index (χ4v) is 3.96. The molecule has 0 unspecified atom stereocenters. The molecule has 1 aliphatic heterocycles. The van der Waals surface area contributed by atoms with E-state index in [-0.39, 0.29) is 11.2 Å². The van der Waals surface area contributed by atoms with E-state index in [2.05, 4.69) is 44.8 Å². The molecule has 0 saturated carbocycles. The number of pyridine rings is 2. The summed E-state index contributed by atoms with van der Waals surface area (Å²) in [5.74, 6) is -0.356. The highest BCUT2D eigenvalue weighted by Gasteiger charge is 2.35. The van der Waals surface area contributed by atoms with Crippen LogP contribution in [0, 0.1) is 18.2 Å². The maximum atomic E-state index is 13.4. The zero-order chi connectivity index (χ0) is 18.8. The SMILES string of the molecule is Cc1cc(-c2c(-c3ccc(F)cn3)nn3c2CC(C)(C)C3)c2cn[nH]c2n1. The highest BCUT2D eigenvalue weighted by atomic mass is 19.1. The van der Waals surface area contributed by atoms with Gasteiger partial charge in [0.05, 0.1) is 18.1 Å². The number of rotatable bonds is 2. The van der Waals surface area contributed by atoms with Crippen LogP contribution in [0.2, 0.25) is 0 Å². The number of nitrogens with zero attached hydrogens (tertiary/aromatic N) is 5. The molecule has 5 rings (SSSR count). The molecule has 1 aliphatic rings. The van der Waals surface area contributed by atoms with Crippen LogP contribution in [-0.2, 0) is 13.0 Å². The molecule has 0 radical (unpaired) electrons. The molecule has 0 saturated heterocycles. The average Bonchev–Trinajstić information content (AvgIpc) is 3.26. The van der Waals surface area contributed by atoms with Gasteiger partial charge in [-0.15, -0.1) is 0 Å². The summed E-state index contributed by atoms with van der Waals surface area (Å²) < 4.78 is 15.5. The number of H-pyrrole nitrogens is 1. The summed E-state index contributed by atoms with van der Waals surface area (Å²) in [4.78, 5) is 8.82. The van der Waals surface area contributed by atoms with E-state index in [1.807, 2.05) is 6.92 Å². The number of aromatic nitrogens is 6. The van der Waals surface area contributed by atoms with Gasteiger partial charge in [0.2, 0.25) is 0 Å². The highest BCUT2D eigenvalue weighted by Crippen LogP contribution is 2.43. The lowest BCUT2D eigenvalue weighted by Crippen LogP contribution is -2.13. The maximum absolute atomic E-state index is 13.4. The van der Waals surface area contributed by atoms with Crippen molar-refractivity contribution >= 4 is 11.0 Å². The Bertz CT molecular complexity index is 1170. The minimum atomic E-state index is -0.356. The van der Waals surface area contributed by atoms with Gasteiger partial charge >= 0.3 is 0 Å². The Kier molecular flexibility index (Phi) is 3.25. The lowest BCUT2D eigenvalue weighted by Gasteiger charge is -2.16. The van der Waals surface area contributed by atoms with Crippen LogP contribution in [0.3, 0.4) is 0 Å². The molecule has 27 heavy (non-hydrogen) atoms. The first kappa shape index (κ1) is 16.1. The number of nitrogens with one attached hydrogen (secondary N) is 1. The molecule has 6 nitrogen and oxygen atoms in total. The van der Waals surface area contributed by atoms with Crippen molar-refractivity contribution in [2.45, 2.75) is 33.7 Å². The molecule has 5 heterocycles. The molecule has 0 aliphatic carbocycles. The Morgan fingerprint density at radius 1 is 1.22 bits per heavy atom. The van der Waals surface area contributed by atoms with E-state index in [1.54, 1.807) is 12.3 Å². The lowest BCUT2D eigenvalue weighted by atomic mass is 9.88. The number of aromatic amines is 1. The molecule has 4 aromatic rings. The van der Waals surface area contributed by atoms with E-state index in [1.165, 1.54) is 18.0 Å². The largest absolute Gasteiger partial charge is 0.268 e. The third kappa shape index (κ3) is 2.53. The van der Waals surface area contributed by atoms with Crippen molar-refractivity contribution in [1.29, 1.82) is 0 Å². The first-order valence-corrected chi connectivity index (χ1v) is 8.94. The average molecular weight is 362 g/mol. The Labute approximate surface area is 155 Å². The van der Waals surface area contributed by atoms with Gasteiger partial charge in [-0.25, -0.2) is 9.37 Å². The van der Waals surface area contributed by atoms with Crippen molar-refractivity contribution in [2.75, 3.05) is 0 Å². The van der Waals surface area contributed by atoms with Crippen molar-refractivity contribution in [1.82, 2.24) is 29.9 Å². The standard InChI is InChI=1S/C20H19FN6/c1-11-6-13(14-9-23-25-19(14)24-11)17-16-7-20(2,3)10-27(16)26-18(17)15-5-4-12(21)8-22-15/h4-6,8-9H,7,10H2,1-3H3,(H,23,24,25). The van der Waals surface area contributed by atoms with Crippen LogP contribution in [0.1, 0.15) is 25.2 Å². The fourth-order valence-electron chi connectivity index (χ4n) is 3.96. The van der Waals surface area contributed by atoms with Gasteiger partial charge in [0, 0.05) is 34.4 Å². The van der Waals surface area contributed by atoms with Crippen molar-refractivity contribution in [3.8, 4) is 22.5 Å². The van der Waals surface area contributed by atoms with E-state index in [4.69, 9.17) is 5.10 Å². The summed E-state index contributed by atoms with van der Waals surface area (Å²) in [6.07, 6.45) is 3.94. The van der Waals surface area contributed by atoms with Crippen LogP contribution in [0.5, 0.6) is 0 Å². The van der Waals surface area contributed by atoms with Gasteiger partial charge in [-0.3, -0.25) is 14.8 Å².